The monoisotopic (exact) mass is 275 g/mol. The summed E-state index contributed by atoms with van der Waals surface area (Å²) in [6.45, 7) is 3.50. The van der Waals surface area contributed by atoms with Crippen LogP contribution in [0.4, 0.5) is 0 Å². The van der Waals surface area contributed by atoms with Gasteiger partial charge in [-0.25, -0.2) is 0 Å². The van der Waals surface area contributed by atoms with Crippen LogP contribution in [0.2, 0.25) is 0 Å². The van der Waals surface area contributed by atoms with Gasteiger partial charge in [-0.05, 0) is 39.9 Å². The Labute approximate surface area is 96.8 Å². The van der Waals surface area contributed by atoms with Crippen molar-refractivity contribution in [2.75, 3.05) is 13.6 Å². The highest BCUT2D eigenvalue weighted by Crippen LogP contribution is 2.21. The van der Waals surface area contributed by atoms with Crippen molar-refractivity contribution in [3.8, 4) is 0 Å². The van der Waals surface area contributed by atoms with E-state index >= 15 is 0 Å². The zero-order valence-electron chi connectivity index (χ0n) is 8.33. The summed E-state index contributed by atoms with van der Waals surface area (Å²) in [7, 11) is 1.94. The Bertz CT molecular complexity index is 322. The molecule has 2 N–H and O–H groups in total. The Morgan fingerprint density at radius 2 is 2.43 bits per heavy atom. The molecule has 0 spiro atoms. The molecule has 0 saturated heterocycles. The Balaban J connectivity index is 2.56. The number of rotatable bonds is 3. The molecule has 3 nitrogen and oxygen atoms in total. The number of nitrogens with two attached hydrogens (primary N) is 1. The van der Waals surface area contributed by atoms with E-state index in [-0.39, 0.29) is 0 Å². The predicted molar refractivity (Wildman–Crippen MR) is 65.6 cm³/mol. The fourth-order valence-electron chi connectivity index (χ4n) is 1.07. The van der Waals surface area contributed by atoms with Gasteiger partial charge in [-0.1, -0.05) is 0 Å². The molecule has 0 fully saturated rings. The maximum absolute atomic E-state index is 5.75. The van der Waals surface area contributed by atoms with E-state index in [1.165, 1.54) is 5.56 Å². The molecule has 1 aromatic rings. The van der Waals surface area contributed by atoms with E-state index in [9.17, 15) is 0 Å². The van der Waals surface area contributed by atoms with Crippen LogP contribution in [0, 0.1) is 0 Å². The molecule has 0 saturated carbocycles. The fourth-order valence-corrected chi connectivity index (χ4v) is 2.27. The Kier molecular flexibility index (Phi) is 4.41. The molecule has 0 radical (unpaired) electrons. The molecule has 5 heteroatoms. The number of thiophene rings is 1. The van der Waals surface area contributed by atoms with Crippen LogP contribution in [0.5, 0.6) is 0 Å². The summed E-state index contributed by atoms with van der Waals surface area (Å²) in [5.74, 6) is 0.592. The van der Waals surface area contributed by atoms with Crippen LogP contribution in [-0.2, 0) is 6.54 Å². The highest BCUT2D eigenvalue weighted by molar-refractivity contribution is 9.11. The molecule has 0 bridgehead atoms. The second-order valence-corrected chi connectivity index (χ2v) is 5.24. The maximum atomic E-state index is 5.75. The minimum Gasteiger partial charge on any atom is -0.370 e. The minimum absolute atomic E-state index is 0.592. The molecule has 0 aliphatic carbocycles. The van der Waals surface area contributed by atoms with Gasteiger partial charge in [0.1, 0.15) is 0 Å². The molecule has 1 rings (SSSR count). The molecule has 0 aliphatic rings. The summed E-state index contributed by atoms with van der Waals surface area (Å²) in [6, 6.07) is 2.10. The van der Waals surface area contributed by atoms with Crippen molar-refractivity contribution in [2.24, 2.45) is 10.7 Å². The van der Waals surface area contributed by atoms with Gasteiger partial charge in [-0.15, -0.1) is 11.3 Å². The first kappa shape index (κ1) is 11.5. The highest BCUT2D eigenvalue weighted by Gasteiger charge is 2.03. The van der Waals surface area contributed by atoms with Crippen molar-refractivity contribution < 1.29 is 0 Å². The van der Waals surface area contributed by atoms with Gasteiger partial charge in [0, 0.05) is 20.1 Å². The molecule has 0 amide bonds. The lowest BCUT2D eigenvalue weighted by Gasteiger charge is -2.16. The van der Waals surface area contributed by atoms with E-state index in [1.54, 1.807) is 11.3 Å². The Hall–Kier alpha value is -0.550. The second kappa shape index (κ2) is 5.36. The summed E-state index contributed by atoms with van der Waals surface area (Å²) in [5.41, 5.74) is 7.00. The first-order chi connectivity index (χ1) is 6.63. The normalized spacial score (nSPS) is 11.8. The van der Waals surface area contributed by atoms with Crippen LogP contribution < -0.4 is 5.73 Å². The number of guanidine groups is 1. The third-order valence-electron chi connectivity index (χ3n) is 1.75. The Morgan fingerprint density at radius 3 is 2.93 bits per heavy atom. The summed E-state index contributed by atoms with van der Waals surface area (Å²) >= 11 is 5.11. The SMILES string of the molecule is CCN=C(N)N(C)Cc1csc(Br)c1. The predicted octanol–water partition coefficient (Wildman–Crippen LogP) is 2.28. The van der Waals surface area contributed by atoms with Gasteiger partial charge in [0.25, 0.3) is 0 Å². The molecule has 0 unspecified atom stereocenters. The lowest BCUT2D eigenvalue weighted by Crippen LogP contribution is -2.33. The molecule has 14 heavy (non-hydrogen) atoms. The molecular formula is C9H14BrN3S. The molecule has 78 valence electrons. The summed E-state index contributed by atoms with van der Waals surface area (Å²) in [4.78, 5) is 6.08. The number of halogens is 1. The van der Waals surface area contributed by atoms with E-state index in [2.05, 4.69) is 32.4 Å². The summed E-state index contributed by atoms with van der Waals surface area (Å²) in [5, 5.41) is 2.11. The van der Waals surface area contributed by atoms with Gasteiger partial charge < -0.3 is 10.6 Å². The first-order valence-electron chi connectivity index (χ1n) is 4.37. The van der Waals surface area contributed by atoms with E-state index < -0.39 is 0 Å². The second-order valence-electron chi connectivity index (χ2n) is 2.95. The average molecular weight is 276 g/mol. The van der Waals surface area contributed by atoms with Crippen molar-refractivity contribution in [3.05, 3.63) is 20.8 Å². The molecule has 0 atom stereocenters. The van der Waals surface area contributed by atoms with Crippen LogP contribution >= 0.6 is 27.3 Å². The van der Waals surface area contributed by atoms with Gasteiger partial charge in [-0.2, -0.15) is 0 Å². The van der Waals surface area contributed by atoms with Crippen molar-refractivity contribution >= 4 is 33.2 Å². The topological polar surface area (TPSA) is 41.6 Å². The van der Waals surface area contributed by atoms with Crippen molar-refractivity contribution in [3.63, 3.8) is 0 Å². The fraction of sp³-hybridized carbons (Fsp3) is 0.444. The third kappa shape index (κ3) is 3.31. The van der Waals surface area contributed by atoms with Crippen LogP contribution in [0.3, 0.4) is 0 Å². The minimum atomic E-state index is 0.592. The zero-order chi connectivity index (χ0) is 10.6. The highest BCUT2D eigenvalue weighted by atomic mass is 79.9. The number of hydrogen-bond donors (Lipinski definition) is 1. The summed E-state index contributed by atoms with van der Waals surface area (Å²) < 4.78 is 1.15. The standard InChI is InChI=1S/C9H14BrN3S/c1-3-12-9(11)13(2)5-7-4-8(10)14-6-7/h4,6H,3,5H2,1-2H3,(H2,11,12). The van der Waals surface area contributed by atoms with Crippen LogP contribution in [0.1, 0.15) is 12.5 Å². The van der Waals surface area contributed by atoms with Crippen molar-refractivity contribution in [1.82, 2.24) is 4.90 Å². The largest absolute Gasteiger partial charge is 0.370 e. The van der Waals surface area contributed by atoms with Gasteiger partial charge in [0.2, 0.25) is 0 Å². The van der Waals surface area contributed by atoms with Crippen LogP contribution in [-0.4, -0.2) is 24.5 Å². The lowest BCUT2D eigenvalue weighted by atomic mass is 10.3. The zero-order valence-corrected chi connectivity index (χ0v) is 10.7. The number of aliphatic imine (C=N–C) groups is 1. The average Bonchev–Trinajstić information content (AvgIpc) is 2.51. The first-order valence-corrected chi connectivity index (χ1v) is 6.04. The smallest absolute Gasteiger partial charge is 0.191 e. The van der Waals surface area contributed by atoms with E-state index in [4.69, 9.17) is 5.73 Å². The maximum Gasteiger partial charge on any atom is 0.191 e. The van der Waals surface area contributed by atoms with E-state index in [1.807, 2.05) is 18.9 Å². The van der Waals surface area contributed by atoms with Gasteiger partial charge >= 0.3 is 0 Å². The summed E-state index contributed by atoms with van der Waals surface area (Å²) in [6.07, 6.45) is 0. The molecular weight excluding hydrogens is 262 g/mol. The lowest BCUT2D eigenvalue weighted by molar-refractivity contribution is 0.493. The Morgan fingerprint density at radius 1 is 1.71 bits per heavy atom. The quantitative estimate of drug-likeness (QED) is 0.679. The van der Waals surface area contributed by atoms with Crippen molar-refractivity contribution in [1.29, 1.82) is 0 Å². The van der Waals surface area contributed by atoms with E-state index in [0.717, 1.165) is 16.9 Å². The van der Waals surface area contributed by atoms with Gasteiger partial charge in [0.15, 0.2) is 5.96 Å². The third-order valence-corrected chi connectivity index (χ3v) is 3.31. The molecule has 0 aliphatic heterocycles. The van der Waals surface area contributed by atoms with Gasteiger partial charge in [-0.3, -0.25) is 4.99 Å². The van der Waals surface area contributed by atoms with Crippen LogP contribution in [0.25, 0.3) is 0 Å². The molecule has 1 heterocycles. The molecule has 1 aromatic heterocycles. The molecule has 0 aromatic carbocycles. The van der Waals surface area contributed by atoms with E-state index in [0.29, 0.717) is 5.96 Å². The van der Waals surface area contributed by atoms with Crippen molar-refractivity contribution in [2.45, 2.75) is 13.5 Å². The number of hydrogen-bond acceptors (Lipinski definition) is 2. The van der Waals surface area contributed by atoms with Gasteiger partial charge in [0.05, 0.1) is 3.79 Å². The van der Waals surface area contributed by atoms with Crippen LogP contribution in [0.15, 0.2) is 20.2 Å². The number of nitrogens with zero attached hydrogens (tertiary/aromatic N) is 2.